The van der Waals surface area contributed by atoms with Crippen LogP contribution in [0.3, 0.4) is 0 Å². The van der Waals surface area contributed by atoms with Crippen LogP contribution in [0.15, 0.2) is 89.6 Å². The molecule has 1 aromatic heterocycles. The van der Waals surface area contributed by atoms with Gasteiger partial charge >= 0.3 is 0 Å². The first-order chi connectivity index (χ1) is 14.9. The van der Waals surface area contributed by atoms with E-state index in [0.29, 0.717) is 0 Å². The summed E-state index contributed by atoms with van der Waals surface area (Å²) in [5.41, 5.74) is 2.41. The predicted molar refractivity (Wildman–Crippen MR) is 121 cm³/mol. The average molecular weight is 403 g/mol. The molecule has 0 unspecified atom stereocenters. The SMILES string of the molecule is C(=C\c1ccco1)/CN1CCN(CCOC(c2ccccc2)c2ccccc2)CC1. The third kappa shape index (κ3) is 5.92. The summed E-state index contributed by atoms with van der Waals surface area (Å²) in [6, 6.07) is 24.9. The first kappa shape index (κ1) is 20.6. The van der Waals surface area contributed by atoms with E-state index in [2.05, 4.69) is 76.5 Å². The number of furan rings is 1. The van der Waals surface area contributed by atoms with Crippen LogP contribution in [-0.2, 0) is 4.74 Å². The van der Waals surface area contributed by atoms with Crippen molar-refractivity contribution in [2.75, 3.05) is 45.9 Å². The first-order valence-corrected chi connectivity index (χ1v) is 10.7. The van der Waals surface area contributed by atoms with E-state index < -0.39 is 0 Å². The summed E-state index contributed by atoms with van der Waals surface area (Å²) in [5.74, 6) is 0.914. The standard InChI is InChI=1S/C26H30N2O2/c1-3-9-23(10-4-1)26(24-11-5-2-6-12-24)30-22-20-28-18-16-27(17-19-28)15-7-13-25-14-8-21-29-25/h1-14,21,26H,15-20,22H2/b13-7+. The van der Waals surface area contributed by atoms with Crippen molar-refractivity contribution in [1.29, 1.82) is 0 Å². The second-order valence-corrected chi connectivity index (χ2v) is 7.63. The van der Waals surface area contributed by atoms with Gasteiger partial charge in [0.15, 0.2) is 0 Å². The lowest BCUT2D eigenvalue weighted by atomic mass is 10.0. The maximum atomic E-state index is 6.37. The third-order valence-electron chi connectivity index (χ3n) is 5.55. The maximum Gasteiger partial charge on any atom is 0.126 e. The fraction of sp³-hybridized carbons (Fsp3) is 0.308. The quantitative estimate of drug-likeness (QED) is 0.518. The molecular weight excluding hydrogens is 372 g/mol. The summed E-state index contributed by atoms with van der Waals surface area (Å²) in [7, 11) is 0. The van der Waals surface area contributed by atoms with Crippen LogP contribution in [-0.4, -0.2) is 55.7 Å². The van der Waals surface area contributed by atoms with Gasteiger partial charge in [0.1, 0.15) is 11.9 Å². The van der Waals surface area contributed by atoms with E-state index in [4.69, 9.17) is 9.15 Å². The summed E-state index contributed by atoms with van der Waals surface area (Å²) in [6.45, 7) is 7.00. The molecule has 4 heteroatoms. The molecule has 4 nitrogen and oxygen atoms in total. The highest BCUT2D eigenvalue weighted by molar-refractivity contribution is 5.42. The molecular formula is C26H30N2O2. The largest absolute Gasteiger partial charge is 0.465 e. The molecule has 2 aromatic carbocycles. The summed E-state index contributed by atoms with van der Waals surface area (Å²) >= 11 is 0. The molecule has 1 aliphatic heterocycles. The monoisotopic (exact) mass is 402 g/mol. The second kappa shape index (κ2) is 10.9. The highest BCUT2D eigenvalue weighted by Gasteiger charge is 2.18. The minimum absolute atomic E-state index is 0.0135. The smallest absolute Gasteiger partial charge is 0.126 e. The molecule has 0 atom stereocenters. The molecule has 0 spiro atoms. The molecule has 1 fully saturated rings. The normalized spacial score (nSPS) is 15.9. The van der Waals surface area contributed by atoms with Gasteiger partial charge in [-0.15, -0.1) is 0 Å². The number of ether oxygens (including phenoxy) is 1. The lowest BCUT2D eigenvalue weighted by Gasteiger charge is -2.34. The van der Waals surface area contributed by atoms with Crippen LogP contribution < -0.4 is 0 Å². The van der Waals surface area contributed by atoms with Gasteiger partial charge < -0.3 is 9.15 Å². The van der Waals surface area contributed by atoms with Crippen LogP contribution in [0.4, 0.5) is 0 Å². The summed E-state index contributed by atoms with van der Waals surface area (Å²) in [5, 5.41) is 0. The van der Waals surface area contributed by atoms with E-state index in [-0.39, 0.29) is 6.10 Å². The van der Waals surface area contributed by atoms with Gasteiger partial charge in [0, 0.05) is 39.3 Å². The van der Waals surface area contributed by atoms with Gasteiger partial charge in [0.25, 0.3) is 0 Å². The van der Waals surface area contributed by atoms with E-state index in [9.17, 15) is 0 Å². The van der Waals surface area contributed by atoms with Crippen LogP contribution in [0.2, 0.25) is 0 Å². The van der Waals surface area contributed by atoms with Crippen LogP contribution in [0.25, 0.3) is 6.08 Å². The molecule has 3 aromatic rings. The number of piperazine rings is 1. The number of nitrogens with zero attached hydrogens (tertiary/aromatic N) is 2. The van der Waals surface area contributed by atoms with Crippen molar-refractivity contribution in [3.63, 3.8) is 0 Å². The highest BCUT2D eigenvalue weighted by Crippen LogP contribution is 2.25. The predicted octanol–water partition coefficient (Wildman–Crippen LogP) is 4.72. The van der Waals surface area contributed by atoms with Gasteiger partial charge in [-0.3, -0.25) is 9.80 Å². The Morgan fingerprint density at radius 1 is 0.800 bits per heavy atom. The van der Waals surface area contributed by atoms with Crippen molar-refractivity contribution in [1.82, 2.24) is 9.80 Å². The molecule has 0 radical (unpaired) electrons. The molecule has 156 valence electrons. The molecule has 0 aliphatic carbocycles. The summed E-state index contributed by atoms with van der Waals surface area (Å²) in [4.78, 5) is 4.98. The van der Waals surface area contributed by atoms with E-state index in [0.717, 1.165) is 51.6 Å². The molecule has 1 aliphatic rings. The Balaban J connectivity index is 1.23. The third-order valence-corrected chi connectivity index (χ3v) is 5.55. The van der Waals surface area contributed by atoms with E-state index >= 15 is 0 Å². The number of rotatable bonds is 9. The number of benzene rings is 2. The Bertz CT molecular complexity index is 830. The minimum Gasteiger partial charge on any atom is -0.465 e. The highest BCUT2D eigenvalue weighted by atomic mass is 16.5. The zero-order valence-electron chi connectivity index (χ0n) is 17.4. The zero-order chi connectivity index (χ0) is 20.4. The zero-order valence-corrected chi connectivity index (χ0v) is 17.4. The van der Waals surface area contributed by atoms with E-state index in [1.54, 1.807) is 6.26 Å². The molecule has 4 rings (SSSR count). The minimum atomic E-state index is -0.0135. The summed E-state index contributed by atoms with van der Waals surface area (Å²) < 4.78 is 11.7. The lowest BCUT2D eigenvalue weighted by molar-refractivity contribution is 0.0468. The Hall–Kier alpha value is -2.66. The van der Waals surface area contributed by atoms with Gasteiger partial charge in [-0.25, -0.2) is 0 Å². The molecule has 0 N–H and O–H groups in total. The molecule has 30 heavy (non-hydrogen) atoms. The van der Waals surface area contributed by atoms with Gasteiger partial charge in [-0.1, -0.05) is 66.7 Å². The summed E-state index contributed by atoms with van der Waals surface area (Å²) in [6.07, 6.45) is 5.93. The molecule has 0 saturated carbocycles. The van der Waals surface area contributed by atoms with E-state index in [1.807, 2.05) is 18.2 Å². The van der Waals surface area contributed by atoms with Crippen molar-refractivity contribution in [3.05, 3.63) is 102 Å². The topological polar surface area (TPSA) is 28.9 Å². The van der Waals surface area contributed by atoms with Crippen LogP contribution in [0.5, 0.6) is 0 Å². The Morgan fingerprint density at radius 2 is 1.43 bits per heavy atom. The van der Waals surface area contributed by atoms with Crippen molar-refractivity contribution < 1.29 is 9.15 Å². The molecule has 0 bridgehead atoms. The first-order valence-electron chi connectivity index (χ1n) is 10.7. The van der Waals surface area contributed by atoms with Crippen LogP contribution >= 0.6 is 0 Å². The maximum absolute atomic E-state index is 6.37. The molecule has 2 heterocycles. The van der Waals surface area contributed by atoms with Gasteiger partial charge in [0.2, 0.25) is 0 Å². The van der Waals surface area contributed by atoms with Crippen molar-refractivity contribution in [3.8, 4) is 0 Å². The lowest BCUT2D eigenvalue weighted by Crippen LogP contribution is -2.47. The molecule has 1 saturated heterocycles. The van der Waals surface area contributed by atoms with Gasteiger partial charge in [0.05, 0.1) is 12.9 Å². The van der Waals surface area contributed by atoms with E-state index in [1.165, 1.54) is 11.1 Å². The van der Waals surface area contributed by atoms with Crippen molar-refractivity contribution in [2.45, 2.75) is 6.10 Å². The average Bonchev–Trinajstić information content (AvgIpc) is 3.32. The number of hydrogen-bond acceptors (Lipinski definition) is 4. The van der Waals surface area contributed by atoms with Crippen molar-refractivity contribution >= 4 is 6.08 Å². The Labute approximate surface area is 179 Å². The fourth-order valence-electron chi connectivity index (χ4n) is 3.84. The van der Waals surface area contributed by atoms with Gasteiger partial charge in [-0.2, -0.15) is 0 Å². The Morgan fingerprint density at radius 3 is 2.03 bits per heavy atom. The van der Waals surface area contributed by atoms with Gasteiger partial charge in [-0.05, 0) is 29.3 Å². The molecule has 0 amide bonds. The van der Waals surface area contributed by atoms with Crippen LogP contribution in [0.1, 0.15) is 23.0 Å². The van der Waals surface area contributed by atoms with Crippen molar-refractivity contribution in [2.24, 2.45) is 0 Å². The second-order valence-electron chi connectivity index (χ2n) is 7.63. The number of hydrogen-bond donors (Lipinski definition) is 0. The fourth-order valence-corrected chi connectivity index (χ4v) is 3.84. The van der Waals surface area contributed by atoms with Crippen LogP contribution in [0, 0.1) is 0 Å². The Kier molecular flexibility index (Phi) is 7.51.